The van der Waals surface area contributed by atoms with E-state index in [2.05, 4.69) is 11.4 Å². The molecule has 12 heavy (non-hydrogen) atoms. The van der Waals surface area contributed by atoms with E-state index in [9.17, 15) is 4.79 Å². The average molecular weight is 169 g/mol. The summed E-state index contributed by atoms with van der Waals surface area (Å²) in [6, 6.07) is 0. The molecule has 0 atom stereocenters. The minimum Gasteiger partial charge on any atom is -0.468 e. The van der Waals surface area contributed by atoms with Gasteiger partial charge in [-0.3, -0.25) is 4.79 Å². The Kier molecular flexibility index (Phi) is 2.52. The largest absolute Gasteiger partial charge is 0.468 e. The second-order valence-corrected chi connectivity index (χ2v) is 3.48. The van der Waals surface area contributed by atoms with Gasteiger partial charge in [-0.25, -0.2) is 0 Å². The predicted octanol–water partition coefficient (Wildman–Crippen LogP) is 0.715. The molecule has 0 unspecified atom stereocenters. The number of methoxy groups -OCH3 is 1. The van der Waals surface area contributed by atoms with Gasteiger partial charge in [0, 0.05) is 13.1 Å². The second-order valence-electron chi connectivity index (χ2n) is 3.48. The maximum absolute atomic E-state index is 11.3. The highest BCUT2D eigenvalue weighted by Crippen LogP contribution is 2.28. The molecule has 0 amide bonds. The van der Waals surface area contributed by atoms with Crippen molar-refractivity contribution in [1.29, 1.82) is 0 Å². The lowest BCUT2D eigenvalue weighted by atomic mass is 9.85. The molecule has 0 aromatic heterocycles. The highest BCUT2D eigenvalue weighted by molar-refractivity contribution is 5.79. The lowest BCUT2D eigenvalue weighted by molar-refractivity contribution is -0.148. The van der Waals surface area contributed by atoms with Crippen LogP contribution in [0.25, 0.3) is 0 Å². The zero-order valence-corrected chi connectivity index (χ0v) is 7.81. The number of esters is 1. The Labute approximate surface area is 72.8 Å². The second kappa shape index (κ2) is 3.27. The maximum atomic E-state index is 11.3. The van der Waals surface area contributed by atoms with Gasteiger partial charge in [-0.05, 0) is 19.4 Å². The van der Waals surface area contributed by atoms with Crippen LogP contribution in [-0.2, 0) is 9.53 Å². The SMILES string of the molecule is COC(=O)C(C)(C)C1=CCNC1. The van der Waals surface area contributed by atoms with Crippen LogP contribution in [0.2, 0.25) is 0 Å². The number of hydrogen-bond acceptors (Lipinski definition) is 3. The van der Waals surface area contributed by atoms with Gasteiger partial charge in [-0.15, -0.1) is 0 Å². The molecule has 1 N–H and O–H groups in total. The highest BCUT2D eigenvalue weighted by Gasteiger charge is 2.33. The average Bonchev–Trinajstić information content (AvgIpc) is 2.55. The van der Waals surface area contributed by atoms with Crippen LogP contribution >= 0.6 is 0 Å². The van der Waals surface area contributed by atoms with Gasteiger partial charge in [-0.2, -0.15) is 0 Å². The number of carbonyl (C=O) groups is 1. The molecular formula is C9H15NO2. The third-order valence-electron chi connectivity index (χ3n) is 2.31. The summed E-state index contributed by atoms with van der Waals surface area (Å²) in [4.78, 5) is 11.3. The Morgan fingerprint density at radius 3 is 2.75 bits per heavy atom. The van der Waals surface area contributed by atoms with Crippen LogP contribution in [0.1, 0.15) is 13.8 Å². The number of nitrogens with one attached hydrogen (secondary N) is 1. The van der Waals surface area contributed by atoms with E-state index in [4.69, 9.17) is 4.74 Å². The van der Waals surface area contributed by atoms with E-state index in [0.29, 0.717) is 0 Å². The summed E-state index contributed by atoms with van der Waals surface area (Å²) in [6.07, 6.45) is 2.05. The summed E-state index contributed by atoms with van der Waals surface area (Å²) in [7, 11) is 1.42. The summed E-state index contributed by atoms with van der Waals surface area (Å²) in [6.45, 7) is 5.42. The topological polar surface area (TPSA) is 38.3 Å². The van der Waals surface area contributed by atoms with Crippen molar-refractivity contribution in [3.8, 4) is 0 Å². The quantitative estimate of drug-likeness (QED) is 0.489. The van der Waals surface area contributed by atoms with Crippen molar-refractivity contribution in [2.24, 2.45) is 5.41 Å². The molecule has 3 nitrogen and oxygen atoms in total. The summed E-state index contributed by atoms with van der Waals surface area (Å²) in [5.74, 6) is -0.169. The van der Waals surface area contributed by atoms with E-state index >= 15 is 0 Å². The summed E-state index contributed by atoms with van der Waals surface area (Å²) in [5.41, 5.74) is 0.646. The van der Waals surface area contributed by atoms with E-state index in [-0.39, 0.29) is 5.97 Å². The fourth-order valence-electron chi connectivity index (χ4n) is 1.34. The molecule has 3 heteroatoms. The summed E-state index contributed by atoms with van der Waals surface area (Å²) in [5, 5.41) is 3.16. The lowest BCUT2D eigenvalue weighted by Gasteiger charge is -2.22. The summed E-state index contributed by atoms with van der Waals surface area (Å²) >= 11 is 0. The molecule has 0 saturated heterocycles. The molecule has 0 bridgehead atoms. The number of rotatable bonds is 2. The zero-order valence-electron chi connectivity index (χ0n) is 7.81. The van der Waals surface area contributed by atoms with Crippen molar-refractivity contribution >= 4 is 5.97 Å². The maximum Gasteiger partial charge on any atom is 0.315 e. The first-order valence-corrected chi connectivity index (χ1v) is 4.07. The fraction of sp³-hybridized carbons (Fsp3) is 0.667. The standard InChI is InChI=1S/C9H15NO2/c1-9(2,8(11)12-3)7-4-5-10-6-7/h4,10H,5-6H2,1-3H3. The first kappa shape index (κ1) is 9.26. The van der Waals surface area contributed by atoms with Crippen molar-refractivity contribution < 1.29 is 9.53 Å². The van der Waals surface area contributed by atoms with Crippen molar-refractivity contribution in [3.63, 3.8) is 0 Å². The highest BCUT2D eigenvalue weighted by atomic mass is 16.5. The van der Waals surface area contributed by atoms with E-state index < -0.39 is 5.41 Å². The van der Waals surface area contributed by atoms with Gasteiger partial charge in [0.1, 0.15) is 0 Å². The minimum absolute atomic E-state index is 0.169. The summed E-state index contributed by atoms with van der Waals surface area (Å²) < 4.78 is 4.72. The smallest absolute Gasteiger partial charge is 0.315 e. The third kappa shape index (κ3) is 1.50. The molecule has 0 aromatic rings. The predicted molar refractivity (Wildman–Crippen MR) is 46.7 cm³/mol. The molecule has 1 aliphatic heterocycles. The number of ether oxygens (including phenoxy) is 1. The minimum atomic E-state index is -0.474. The first-order valence-electron chi connectivity index (χ1n) is 4.07. The van der Waals surface area contributed by atoms with E-state index in [1.165, 1.54) is 7.11 Å². The molecule has 1 heterocycles. The first-order chi connectivity index (χ1) is 5.59. The zero-order chi connectivity index (χ0) is 9.19. The number of carbonyl (C=O) groups excluding carboxylic acids is 1. The Bertz CT molecular complexity index is 219. The molecule has 0 saturated carbocycles. The van der Waals surface area contributed by atoms with Crippen molar-refractivity contribution in [3.05, 3.63) is 11.6 Å². The van der Waals surface area contributed by atoms with Gasteiger partial charge in [0.25, 0.3) is 0 Å². The van der Waals surface area contributed by atoms with Crippen LogP contribution in [0.5, 0.6) is 0 Å². The molecule has 0 aromatic carbocycles. The van der Waals surface area contributed by atoms with Crippen molar-refractivity contribution in [1.82, 2.24) is 5.32 Å². The van der Waals surface area contributed by atoms with Crippen LogP contribution in [-0.4, -0.2) is 26.2 Å². The van der Waals surface area contributed by atoms with Crippen LogP contribution in [0.4, 0.5) is 0 Å². The Hall–Kier alpha value is -0.830. The Balaban J connectivity index is 2.76. The third-order valence-corrected chi connectivity index (χ3v) is 2.31. The Morgan fingerprint density at radius 2 is 2.33 bits per heavy atom. The normalized spacial score (nSPS) is 17.4. The molecule has 0 aliphatic carbocycles. The fourth-order valence-corrected chi connectivity index (χ4v) is 1.34. The van der Waals surface area contributed by atoms with Gasteiger partial charge in [0.05, 0.1) is 12.5 Å². The molecular weight excluding hydrogens is 154 g/mol. The van der Waals surface area contributed by atoms with Crippen LogP contribution in [0.15, 0.2) is 11.6 Å². The lowest BCUT2D eigenvalue weighted by Crippen LogP contribution is -2.29. The van der Waals surface area contributed by atoms with Gasteiger partial charge >= 0.3 is 5.97 Å². The van der Waals surface area contributed by atoms with Crippen LogP contribution in [0, 0.1) is 5.41 Å². The molecule has 0 radical (unpaired) electrons. The van der Waals surface area contributed by atoms with Gasteiger partial charge in [-0.1, -0.05) is 6.08 Å². The van der Waals surface area contributed by atoms with E-state index in [1.54, 1.807) is 0 Å². The molecule has 1 rings (SSSR count). The molecule has 0 spiro atoms. The monoisotopic (exact) mass is 169 g/mol. The van der Waals surface area contributed by atoms with Gasteiger partial charge in [0.2, 0.25) is 0 Å². The number of hydrogen-bond donors (Lipinski definition) is 1. The van der Waals surface area contributed by atoms with Crippen molar-refractivity contribution in [2.45, 2.75) is 13.8 Å². The van der Waals surface area contributed by atoms with Gasteiger partial charge < -0.3 is 10.1 Å². The molecule has 0 fully saturated rings. The van der Waals surface area contributed by atoms with Crippen LogP contribution < -0.4 is 5.32 Å². The Morgan fingerprint density at radius 1 is 1.67 bits per heavy atom. The van der Waals surface area contributed by atoms with Crippen molar-refractivity contribution in [2.75, 3.05) is 20.2 Å². The molecule has 68 valence electrons. The van der Waals surface area contributed by atoms with Crippen LogP contribution in [0.3, 0.4) is 0 Å². The molecule has 1 aliphatic rings. The van der Waals surface area contributed by atoms with Gasteiger partial charge in [0.15, 0.2) is 0 Å². The van der Waals surface area contributed by atoms with E-state index in [0.717, 1.165) is 18.7 Å². The van der Waals surface area contributed by atoms with E-state index in [1.807, 2.05) is 13.8 Å².